The molecule has 4 unspecified atom stereocenters. The molecule has 23 heavy (non-hydrogen) atoms. The van der Waals surface area contributed by atoms with Crippen molar-refractivity contribution in [1.29, 1.82) is 0 Å². The van der Waals surface area contributed by atoms with Crippen molar-refractivity contribution in [3.63, 3.8) is 0 Å². The molecular formula is C21H44N2. The van der Waals surface area contributed by atoms with Gasteiger partial charge in [0.25, 0.3) is 0 Å². The minimum atomic E-state index is 0.779. The third kappa shape index (κ3) is 6.38. The molecular weight excluding hydrogens is 280 g/mol. The molecule has 0 saturated carbocycles. The maximum atomic E-state index is 2.51. The third-order valence-electron chi connectivity index (χ3n) is 6.65. The van der Waals surface area contributed by atoms with Gasteiger partial charge in [0.1, 0.15) is 0 Å². The summed E-state index contributed by atoms with van der Waals surface area (Å²) < 4.78 is 0. The highest BCUT2D eigenvalue weighted by atomic mass is 15.2. The van der Waals surface area contributed by atoms with Crippen LogP contribution in [-0.4, -0.2) is 49.1 Å². The zero-order valence-electron chi connectivity index (χ0n) is 17.5. The second-order valence-electron chi connectivity index (χ2n) is 9.28. The zero-order chi connectivity index (χ0) is 17.7. The van der Waals surface area contributed by atoms with E-state index in [9.17, 15) is 0 Å². The summed E-state index contributed by atoms with van der Waals surface area (Å²) >= 11 is 0. The lowest BCUT2D eigenvalue weighted by molar-refractivity contribution is 0.0789. The summed E-state index contributed by atoms with van der Waals surface area (Å²) in [6.07, 6.45) is 4.17. The lowest BCUT2D eigenvalue weighted by Crippen LogP contribution is -2.44. The monoisotopic (exact) mass is 324 g/mol. The van der Waals surface area contributed by atoms with E-state index in [0.717, 1.165) is 41.7 Å². The molecule has 2 rings (SSSR count). The average Bonchev–Trinajstić information content (AvgIpc) is 2.44. The van der Waals surface area contributed by atoms with Gasteiger partial charge in [0, 0.05) is 18.6 Å². The van der Waals surface area contributed by atoms with Gasteiger partial charge in [-0.15, -0.1) is 0 Å². The zero-order valence-corrected chi connectivity index (χ0v) is 17.5. The Morgan fingerprint density at radius 1 is 0.826 bits per heavy atom. The van der Waals surface area contributed by atoms with Gasteiger partial charge >= 0.3 is 0 Å². The molecule has 0 aromatic rings. The van der Waals surface area contributed by atoms with Gasteiger partial charge in [-0.25, -0.2) is 0 Å². The maximum absolute atomic E-state index is 2.51. The second-order valence-corrected chi connectivity index (χ2v) is 9.28. The van der Waals surface area contributed by atoms with Crippen LogP contribution in [0.1, 0.15) is 67.7 Å². The van der Waals surface area contributed by atoms with Crippen LogP contribution in [0.25, 0.3) is 0 Å². The Morgan fingerprint density at radius 2 is 1.35 bits per heavy atom. The van der Waals surface area contributed by atoms with Crippen LogP contribution < -0.4 is 0 Å². The van der Waals surface area contributed by atoms with Gasteiger partial charge in [0.2, 0.25) is 0 Å². The summed E-state index contributed by atoms with van der Waals surface area (Å²) in [7, 11) is 4.49. The summed E-state index contributed by atoms with van der Waals surface area (Å²) in [5, 5.41) is 0. The molecule has 0 N–H and O–H groups in total. The number of hydrogen-bond acceptors (Lipinski definition) is 2. The Balaban J connectivity index is 0.000000231. The Labute approximate surface area is 147 Å². The van der Waals surface area contributed by atoms with Crippen LogP contribution in [0.5, 0.6) is 0 Å². The van der Waals surface area contributed by atoms with E-state index < -0.39 is 0 Å². The highest BCUT2D eigenvalue weighted by Crippen LogP contribution is 2.31. The number of piperidine rings is 2. The lowest BCUT2D eigenvalue weighted by Gasteiger charge is -2.41. The van der Waals surface area contributed by atoms with Crippen molar-refractivity contribution in [2.24, 2.45) is 29.6 Å². The van der Waals surface area contributed by atoms with Gasteiger partial charge in [-0.3, -0.25) is 0 Å². The highest BCUT2D eigenvalue weighted by Gasteiger charge is 2.29. The van der Waals surface area contributed by atoms with E-state index >= 15 is 0 Å². The summed E-state index contributed by atoms with van der Waals surface area (Å²) in [4.78, 5) is 4.96. The lowest BCUT2D eigenvalue weighted by atomic mass is 9.79. The van der Waals surface area contributed by atoms with Gasteiger partial charge < -0.3 is 9.80 Å². The molecule has 0 bridgehead atoms. The Morgan fingerprint density at radius 3 is 1.74 bits per heavy atom. The standard InChI is InChI=1S/C11H23N.C10H21N/c1-8(2)11-6-9(3)12(5)10(4)7-11;1-8(2)10-5-6-11(4)7-9(10)3/h8-11H,6-7H2,1-5H3;8-10H,5-7H2,1-4H3. The third-order valence-corrected chi connectivity index (χ3v) is 6.65. The van der Waals surface area contributed by atoms with Gasteiger partial charge in [-0.2, -0.15) is 0 Å². The van der Waals surface area contributed by atoms with E-state index in [2.05, 4.69) is 72.4 Å². The fraction of sp³-hybridized carbons (Fsp3) is 1.00. The van der Waals surface area contributed by atoms with Crippen LogP contribution in [0.15, 0.2) is 0 Å². The van der Waals surface area contributed by atoms with Crippen molar-refractivity contribution in [1.82, 2.24) is 9.80 Å². The first-order chi connectivity index (χ1) is 10.6. The maximum Gasteiger partial charge on any atom is 0.00694 e. The molecule has 0 amide bonds. The summed E-state index contributed by atoms with van der Waals surface area (Å²) in [6, 6.07) is 1.56. The van der Waals surface area contributed by atoms with Crippen LogP contribution in [0.2, 0.25) is 0 Å². The van der Waals surface area contributed by atoms with E-state index in [4.69, 9.17) is 0 Å². The SMILES string of the molecule is CC(C)C1CC(C)N(C)C(C)C1.CC(C)C1CCN(C)CC1C. The average molecular weight is 325 g/mol. The molecule has 4 atom stereocenters. The molecule has 0 radical (unpaired) electrons. The topological polar surface area (TPSA) is 6.48 Å². The smallest absolute Gasteiger partial charge is 0.00694 e. The molecule has 2 saturated heterocycles. The molecule has 138 valence electrons. The van der Waals surface area contributed by atoms with Crippen LogP contribution >= 0.6 is 0 Å². The first kappa shape index (κ1) is 21.0. The molecule has 2 aliphatic rings. The minimum Gasteiger partial charge on any atom is -0.306 e. The summed E-state index contributed by atoms with van der Waals surface area (Å²) in [6.45, 7) is 19.1. The normalized spacial score (nSPS) is 36.9. The minimum absolute atomic E-state index is 0.779. The number of rotatable bonds is 2. The van der Waals surface area contributed by atoms with E-state index in [-0.39, 0.29) is 0 Å². The van der Waals surface area contributed by atoms with Crippen molar-refractivity contribution < 1.29 is 0 Å². The molecule has 2 fully saturated rings. The fourth-order valence-electron chi connectivity index (χ4n) is 4.65. The highest BCUT2D eigenvalue weighted by molar-refractivity contribution is 4.83. The molecule has 2 nitrogen and oxygen atoms in total. The summed E-state index contributed by atoms with van der Waals surface area (Å²) in [5.74, 6) is 4.55. The van der Waals surface area contributed by atoms with E-state index in [1.807, 2.05) is 0 Å². The molecule has 0 aromatic carbocycles. The van der Waals surface area contributed by atoms with Crippen molar-refractivity contribution in [2.45, 2.75) is 79.8 Å². The largest absolute Gasteiger partial charge is 0.306 e. The van der Waals surface area contributed by atoms with E-state index in [0.29, 0.717) is 0 Å². The molecule has 2 heterocycles. The predicted octanol–water partition coefficient (Wildman–Crippen LogP) is 4.99. The van der Waals surface area contributed by atoms with E-state index in [1.54, 1.807) is 0 Å². The van der Waals surface area contributed by atoms with Crippen molar-refractivity contribution in [2.75, 3.05) is 27.2 Å². The van der Waals surface area contributed by atoms with Crippen LogP contribution in [0.4, 0.5) is 0 Å². The van der Waals surface area contributed by atoms with Gasteiger partial charge in [-0.1, -0.05) is 34.6 Å². The first-order valence-corrected chi connectivity index (χ1v) is 10.0. The molecule has 0 aliphatic carbocycles. The Kier molecular flexibility index (Phi) is 8.58. The first-order valence-electron chi connectivity index (χ1n) is 10.0. The molecule has 0 aromatic heterocycles. The predicted molar refractivity (Wildman–Crippen MR) is 104 cm³/mol. The number of likely N-dealkylation sites (tertiary alicyclic amines) is 2. The molecule has 0 spiro atoms. The van der Waals surface area contributed by atoms with Gasteiger partial charge in [0.15, 0.2) is 0 Å². The van der Waals surface area contributed by atoms with Gasteiger partial charge in [-0.05, 0) is 83.3 Å². The van der Waals surface area contributed by atoms with Crippen LogP contribution in [0, 0.1) is 29.6 Å². The van der Waals surface area contributed by atoms with Crippen molar-refractivity contribution >= 4 is 0 Å². The van der Waals surface area contributed by atoms with Crippen LogP contribution in [-0.2, 0) is 0 Å². The van der Waals surface area contributed by atoms with E-state index in [1.165, 1.54) is 32.4 Å². The Bertz CT molecular complexity index is 314. The van der Waals surface area contributed by atoms with Crippen LogP contribution in [0.3, 0.4) is 0 Å². The Hall–Kier alpha value is -0.0800. The fourth-order valence-corrected chi connectivity index (χ4v) is 4.65. The van der Waals surface area contributed by atoms with Crippen molar-refractivity contribution in [3.05, 3.63) is 0 Å². The quantitative estimate of drug-likeness (QED) is 0.706. The number of hydrogen-bond donors (Lipinski definition) is 0. The summed E-state index contributed by atoms with van der Waals surface area (Å²) in [5.41, 5.74) is 0. The molecule has 2 heteroatoms. The molecule has 2 aliphatic heterocycles. The second kappa shape index (κ2) is 9.42. The van der Waals surface area contributed by atoms with Crippen molar-refractivity contribution in [3.8, 4) is 0 Å². The van der Waals surface area contributed by atoms with Gasteiger partial charge in [0.05, 0.1) is 0 Å². The number of nitrogens with zero attached hydrogens (tertiary/aromatic N) is 2.